The lowest BCUT2D eigenvalue weighted by molar-refractivity contribution is 0.102. The van der Waals surface area contributed by atoms with Crippen molar-refractivity contribution in [1.82, 2.24) is 4.98 Å². The molecule has 0 aliphatic carbocycles. The third-order valence-electron chi connectivity index (χ3n) is 4.12. The van der Waals surface area contributed by atoms with Crippen LogP contribution in [0.3, 0.4) is 0 Å². The van der Waals surface area contributed by atoms with E-state index in [1.807, 2.05) is 31.2 Å². The molecule has 6 heteroatoms. The second-order valence-electron chi connectivity index (χ2n) is 6.14. The first-order chi connectivity index (χ1) is 12.6. The number of aromatic nitrogens is 1. The number of phenols is 1. The summed E-state index contributed by atoms with van der Waals surface area (Å²) in [6, 6.07) is 12.5. The average molecular weight is 363 g/mol. The maximum Gasteiger partial charge on any atom is 0.259 e. The van der Waals surface area contributed by atoms with Gasteiger partial charge in [0.1, 0.15) is 10.8 Å². The van der Waals surface area contributed by atoms with E-state index in [1.165, 1.54) is 0 Å². The predicted octanol–water partition coefficient (Wildman–Crippen LogP) is 2.88. The molecular formula is C20H17N3O2S. The van der Waals surface area contributed by atoms with Crippen molar-refractivity contribution in [2.45, 2.75) is 13.3 Å². The molecule has 0 saturated heterocycles. The summed E-state index contributed by atoms with van der Waals surface area (Å²) in [6.07, 6.45) is 3.11. The Kier molecular flexibility index (Phi) is 4.26. The van der Waals surface area contributed by atoms with Gasteiger partial charge in [-0.3, -0.25) is 9.79 Å². The van der Waals surface area contributed by atoms with Crippen molar-refractivity contribution in [3.8, 4) is 16.3 Å². The van der Waals surface area contributed by atoms with Crippen LogP contribution in [0.25, 0.3) is 16.6 Å². The Morgan fingerprint density at radius 3 is 2.92 bits per heavy atom. The topological polar surface area (TPSA) is 74.6 Å². The highest BCUT2D eigenvalue weighted by Crippen LogP contribution is 2.24. The number of hydrogen-bond donors (Lipinski definition) is 2. The van der Waals surface area contributed by atoms with Gasteiger partial charge in [0, 0.05) is 17.8 Å². The molecule has 1 aliphatic rings. The van der Waals surface area contributed by atoms with Gasteiger partial charge < -0.3 is 10.4 Å². The number of fused-ring (bicyclic) bond motifs is 1. The van der Waals surface area contributed by atoms with Crippen molar-refractivity contribution in [3.63, 3.8) is 0 Å². The molecule has 2 heterocycles. The van der Waals surface area contributed by atoms with Crippen molar-refractivity contribution >= 4 is 29.0 Å². The summed E-state index contributed by atoms with van der Waals surface area (Å²) in [7, 11) is 0. The molecule has 2 aromatic carbocycles. The number of carbonyl (C=O) groups is 1. The van der Waals surface area contributed by atoms with E-state index in [0.717, 1.165) is 39.1 Å². The third kappa shape index (κ3) is 3.23. The van der Waals surface area contributed by atoms with Crippen LogP contribution in [-0.4, -0.2) is 22.5 Å². The average Bonchev–Trinajstić information content (AvgIpc) is 3.06. The highest BCUT2D eigenvalue weighted by Gasteiger charge is 2.12. The van der Waals surface area contributed by atoms with Gasteiger partial charge in [-0.2, -0.15) is 0 Å². The van der Waals surface area contributed by atoms with E-state index in [1.54, 1.807) is 29.5 Å². The Labute approximate surface area is 154 Å². The highest BCUT2D eigenvalue weighted by atomic mass is 32.1. The number of amides is 1. The minimum atomic E-state index is -0.346. The van der Waals surface area contributed by atoms with Crippen molar-refractivity contribution in [3.05, 3.63) is 63.6 Å². The van der Waals surface area contributed by atoms with Crippen molar-refractivity contribution in [1.29, 1.82) is 0 Å². The van der Waals surface area contributed by atoms with E-state index in [9.17, 15) is 9.90 Å². The zero-order valence-electron chi connectivity index (χ0n) is 14.2. The first-order valence-electron chi connectivity index (χ1n) is 8.33. The fraction of sp³-hybridized carbons (Fsp3) is 0.150. The molecule has 1 aliphatic heterocycles. The molecule has 0 unspecified atom stereocenters. The Morgan fingerprint density at radius 2 is 2.12 bits per heavy atom. The molecular weight excluding hydrogens is 346 g/mol. The van der Waals surface area contributed by atoms with Crippen LogP contribution in [0.4, 0.5) is 5.69 Å². The lowest BCUT2D eigenvalue weighted by Gasteiger charge is -2.08. The van der Waals surface area contributed by atoms with Gasteiger partial charge in [0.2, 0.25) is 0 Å². The molecule has 0 saturated carbocycles. The van der Waals surface area contributed by atoms with E-state index in [0.29, 0.717) is 5.69 Å². The number of thiazole rings is 1. The van der Waals surface area contributed by atoms with Gasteiger partial charge >= 0.3 is 0 Å². The number of nitrogens with one attached hydrogen (secondary N) is 1. The van der Waals surface area contributed by atoms with Crippen LogP contribution < -0.4 is 15.3 Å². The van der Waals surface area contributed by atoms with E-state index in [2.05, 4.69) is 21.4 Å². The quantitative estimate of drug-likeness (QED) is 0.751. The number of carbonyl (C=O) groups excluding carboxylic acids is 1. The number of aromatic hydroxyl groups is 1. The number of rotatable bonds is 3. The van der Waals surface area contributed by atoms with Crippen LogP contribution in [0.5, 0.6) is 5.75 Å². The summed E-state index contributed by atoms with van der Waals surface area (Å²) in [4.78, 5) is 21.5. The standard InChI is InChI=1S/C20H17N3O2S/c1-12-7-8-15(16(24)10-12)19(25)22-14-5-2-4-13(11-14)20-23-18-17(26-20)6-3-9-21-18/h2,4-8,10-11,24H,3,9H2,1H3,(H,22,25). The molecule has 26 heavy (non-hydrogen) atoms. The fourth-order valence-electron chi connectivity index (χ4n) is 2.82. The maximum absolute atomic E-state index is 12.4. The largest absolute Gasteiger partial charge is 0.507 e. The third-order valence-corrected chi connectivity index (χ3v) is 5.21. The highest BCUT2D eigenvalue weighted by molar-refractivity contribution is 7.12. The van der Waals surface area contributed by atoms with Crippen LogP contribution >= 0.6 is 11.3 Å². The van der Waals surface area contributed by atoms with Gasteiger partial charge in [-0.05, 0) is 43.2 Å². The first-order valence-corrected chi connectivity index (χ1v) is 9.15. The molecule has 0 fully saturated rings. The lowest BCUT2D eigenvalue weighted by Crippen LogP contribution is -2.24. The molecule has 4 rings (SSSR count). The normalized spacial score (nSPS) is 12.7. The smallest absolute Gasteiger partial charge is 0.259 e. The van der Waals surface area contributed by atoms with Crippen LogP contribution in [-0.2, 0) is 0 Å². The Hall–Kier alpha value is -2.99. The summed E-state index contributed by atoms with van der Waals surface area (Å²) >= 11 is 1.60. The van der Waals surface area contributed by atoms with Crippen LogP contribution in [0.15, 0.2) is 47.5 Å². The van der Waals surface area contributed by atoms with E-state index < -0.39 is 0 Å². The van der Waals surface area contributed by atoms with Crippen LogP contribution in [0.1, 0.15) is 22.3 Å². The Morgan fingerprint density at radius 1 is 1.23 bits per heavy atom. The summed E-state index contributed by atoms with van der Waals surface area (Å²) in [5, 5.41) is 13.7. The van der Waals surface area contributed by atoms with Crippen LogP contribution in [0, 0.1) is 6.92 Å². The van der Waals surface area contributed by atoms with Gasteiger partial charge in [-0.15, -0.1) is 11.3 Å². The summed E-state index contributed by atoms with van der Waals surface area (Å²) in [5.74, 6) is -0.371. The zero-order valence-corrected chi connectivity index (χ0v) is 15.0. The minimum absolute atomic E-state index is 0.0246. The number of aryl methyl sites for hydroxylation is 1. The molecule has 3 aromatic rings. The molecule has 0 spiro atoms. The van der Waals surface area contributed by atoms with Gasteiger partial charge in [0.25, 0.3) is 5.91 Å². The fourth-order valence-corrected chi connectivity index (χ4v) is 3.81. The van der Waals surface area contributed by atoms with Crippen molar-refractivity contribution < 1.29 is 9.90 Å². The SMILES string of the molecule is Cc1ccc(C(=O)Nc2cccc(-c3nc4c(s3)=CCCN=4)c2)c(O)c1. The minimum Gasteiger partial charge on any atom is -0.507 e. The molecule has 1 amide bonds. The second kappa shape index (κ2) is 6.72. The van der Waals surface area contributed by atoms with Gasteiger partial charge in [-0.1, -0.05) is 24.3 Å². The number of phenolic OH excluding ortho intramolecular Hbond substituents is 1. The van der Waals surface area contributed by atoms with Gasteiger partial charge in [0.15, 0.2) is 5.49 Å². The van der Waals surface area contributed by atoms with Gasteiger partial charge in [0.05, 0.1) is 10.1 Å². The van der Waals surface area contributed by atoms with E-state index in [4.69, 9.17) is 0 Å². The number of anilines is 1. The predicted molar refractivity (Wildman–Crippen MR) is 103 cm³/mol. The summed E-state index contributed by atoms with van der Waals surface area (Å²) < 4.78 is 1.10. The molecule has 0 radical (unpaired) electrons. The van der Waals surface area contributed by atoms with Crippen LogP contribution in [0.2, 0.25) is 0 Å². The lowest BCUT2D eigenvalue weighted by atomic mass is 10.1. The molecule has 130 valence electrons. The summed E-state index contributed by atoms with van der Waals surface area (Å²) in [6.45, 7) is 2.65. The molecule has 0 atom stereocenters. The molecule has 2 N–H and O–H groups in total. The monoisotopic (exact) mass is 363 g/mol. The maximum atomic E-state index is 12.4. The number of benzene rings is 2. The second-order valence-corrected chi connectivity index (χ2v) is 7.17. The molecule has 5 nitrogen and oxygen atoms in total. The number of hydrogen-bond acceptors (Lipinski definition) is 5. The Bertz CT molecular complexity index is 1080. The Balaban J connectivity index is 1.62. The number of nitrogens with zero attached hydrogens (tertiary/aromatic N) is 2. The molecule has 1 aromatic heterocycles. The van der Waals surface area contributed by atoms with Gasteiger partial charge in [-0.25, -0.2) is 4.98 Å². The van der Waals surface area contributed by atoms with Crippen molar-refractivity contribution in [2.75, 3.05) is 11.9 Å². The summed E-state index contributed by atoms with van der Waals surface area (Å²) in [5.41, 5.74) is 3.53. The van der Waals surface area contributed by atoms with E-state index in [-0.39, 0.29) is 17.2 Å². The zero-order chi connectivity index (χ0) is 18.1. The van der Waals surface area contributed by atoms with E-state index >= 15 is 0 Å². The first kappa shape index (κ1) is 16.5. The molecule has 0 bridgehead atoms. The van der Waals surface area contributed by atoms with Crippen molar-refractivity contribution in [2.24, 2.45) is 4.99 Å².